The summed E-state index contributed by atoms with van der Waals surface area (Å²) in [6, 6.07) is 16.7. The second-order valence-electron chi connectivity index (χ2n) is 7.03. The highest BCUT2D eigenvalue weighted by Crippen LogP contribution is 2.31. The summed E-state index contributed by atoms with van der Waals surface area (Å²) in [6.07, 6.45) is 4.00. The Bertz CT molecular complexity index is 1110. The number of rotatable bonds is 6. The number of amides is 1. The highest BCUT2D eigenvalue weighted by molar-refractivity contribution is 7.80. The summed E-state index contributed by atoms with van der Waals surface area (Å²) < 4.78 is 5.74. The molecule has 0 aliphatic rings. The number of nitrogens with one attached hydrogen (secondary N) is 2. The molecule has 160 valence electrons. The standard InChI is InChI=1S/C24H22Cl2N2O2S/c1-3-15(2)16-4-7-18(8-5-16)27-24(31)28-23(29)13-10-19-9-12-22(30-19)20-11-6-17(25)14-21(20)26/h4-15H,3H2,1-2H3,(H2,27,28,29,31)/b13-10+/t15-/m0/s1. The van der Waals surface area contributed by atoms with E-state index < -0.39 is 0 Å². The zero-order valence-corrected chi connectivity index (χ0v) is 19.4. The predicted molar refractivity (Wildman–Crippen MR) is 133 cm³/mol. The molecule has 31 heavy (non-hydrogen) atoms. The van der Waals surface area contributed by atoms with Crippen molar-refractivity contribution in [1.82, 2.24) is 5.32 Å². The lowest BCUT2D eigenvalue weighted by molar-refractivity contribution is -0.115. The molecule has 1 amide bonds. The number of hydrogen-bond donors (Lipinski definition) is 2. The van der Waals surface area contributed by atoms with Gasteiger partial charge in [-0.15, -0.1) is 0 Å². The van der Waals surface area contributed by atoms with Gasteiger partial charge in [0.2, 0.25) is 5.91 Å². The first kappa shape index (κ1) is 23.1. The third-order valence-corrected chi connectivity index (χ3v) is 5.56. The van der Waals surface area contributed by atoms with Crippen molar-refractivity contribution in [2.24, 2.45) is 0 Å². The van der Waals surface area contributed by atoms with E-state index >= 15 is 0 Å². The van der Waals surface area contributed by atoms with E-state index in [1.54, 1.807) is 36.4 Å². The molecule has 0 radical (unpaired) electrons. The number of anilines is 1. The fraction of sp³-hybridized carbons (Fsp3) is 0.167. The molecule has 7 heteroatoms. The Labute approximate surface area is 197 Å². The zero-order valence-electron chi connectivity index (χ0n) is 17.1. The van der Waals surface area contributed by atoms with Crippen molar-refractivity contribution >= 4 is 58.2 Å². The number of benzene rings is 2. The van der Waals surface area contributed by atoms with E-state index in [2.05, 4.69) is 36.6 Å². The lowest BCUT2D eigenvalue weighted by Crippen LogP contribution is -2.32. The summed E-state index contributed by atoms with van der Waals surface area (Å²) in [6.45, 7) is 4.34. The molecule has 2 aromatic carbocycles. The number of thiocarbonyl (C=S) groups is 1. The SMILES string of the molecule is CC[C@H](C)c1ccc(NC(=S)NC(=O)/C=C/c2ccc(-c3ccc(Cl)cc3Cl)o2)cc1. The van der Waals surface area contributed by atoms with Crippen LogP contribution in [0, 0.1) is 0 Å². The van der Waals surface area contributed by atoms with Crippen molar-refractivity contribution in [2.75, 3.05) is 5.32 Å². The van der Waals surface area contributed by atoms with Crippen molar-refractivity contribution in [3.8, 4) is 11.3 Å². The van der Waals surface area contributed by atoms with E-state index in [1.807, 2.05) is 12.1 Å². The first-order chi connectivity index (χ1) is 14.9. The Hall–Kier alpha value is -2.60. The molecule has 1 aromatic heterocycles. The van der Waals surface area contributed by atoms with E-state index in [9.17, 15) is 4.79 Å². The van der Waals surface area contributed by atoms with Crippen molar-refractivity contribution in [3.63, 3.8) is 0 Å². The van der Waals surface area contributed by atoms with Crippen LogP contribution in [0.2, 0.25) is 10.0 Å². The molecule has 0 saturated carbocycles. The molecule has 1 heterocycles. The van der Waals surface area contributed by atoms with Gasteiger partial charge in [-0.1, -0.05) is 49.2 Å². The summed E-state index contributed by atoms with van der Waals surface area (Å²) in [5.41, 5.74) is 2.81. The molecule has 0 fully saturated rings. The van der Waals surface area contributed by atoms with Gasteiger partial charge in [0.05, 0.1) is 5.02 Å². The minimum atomic E-state index is -0.365. The quantitative estimate of drug-likeness (QED) is 0.292. The fourth-order valence-corrected chi connectivity index (χ4v) is 3.60. The minimum absolute atomic E-state index is 0.221. The highest BCUT2D eigenvalue weighted by Gasteiger charge is 2.09. The van der Waals surface area contributed by atoms with Crippen LogP contribution < -0.4 is 10.6 Å². The van der Waals surface area contributed by atoms with Crippen LogP contribution in [0.3, 0.4) is 0 Å². The fourth-order valence-electron chi connectivity index (χ4n) is 2.88. The van der Waals surface area contributed by atoms with Crippen LogP contribution in [-0.4, -0.2) is 11.0 Å². The zero-order chi connectivity index (χ0) is 22.4. The number of furan rings is 1. The molecule has 2 N–H and O–H groups in total. The second kappa shape index (κ2) is 10.6. The molecule has 0 saturated heterocycles. The van der Waals surface area contributed by atoms with Gasteiger partial charge >= 0.3 is 0 Å². The minimum Gasteiger partial charge on any atom is -0.457 e. The first-order valence-electron chi connectivity index (χ1n) is 9.81. The van der Waals surface area contributed by atoms with E-state index in [0.717, 1.165) is 17.7 Å². The molecule has 0 aliphatic carbocycles. The van der Waals surface area contributed by atoms with E-state index in [-0.39, 0.29) is 11.0 Å². The topological polar surface area (TPSA) is 54.3 Å². The van der Waals surface area contributed by atoms with Crippen LogP contribution >= 0.6 is 35.4 Å². The largest absolute Gasteiger partial charge is 0.457 e. The summed E-state index contributed by atoms with van der Waals surface area (Å²) >= 11 is 17.4. The monoisotopic (exact) mass is 472 g/mol. The average molecular weight is 473 g/mol. The summed E-state index contributed by atoms with van der Waals surface area (Å²) in [4.78, 5) is 12.2. The maximum absolute atomic E-state index is 12.2. The van der Waals surface area contributed by atoms with Crippen LogP contribution in [0.4, 0.5) is 5.69 Å². The first-order valence-corrected chi connectivity index (χ1v) is 11.0. The average Bonchev–Trinajstić information content (AvgIpc) is 3.21. The third-order valence-electron chi connectivity index (χ3n) is 4.81. The Morgan fingerprint density at radius 2 is 1.87 bits per heavy atom. The molecule has 4 nitrogen and oxygen atoms in total. The molecule has 0 unspecified atom stereocenters. The van der Waals surface area contributed by atoms with Crippen LogP contribution in [0.1, 0.15) is 37.5 Å². The van der Waals surface area contributed by atoms with Crippen molar-refractivity contribution in [3.05, 3.63) is 82.0 Å². The van der Waals surface area contributed by atoms with Crippen LogP contribution in [-0.2, 0) is 4.79 Å². The van der Waals surface area contributed by atoms with Crippen molar-refractivity contribution in [2.45, 2.75) is 26.2 Å². The predicted octanol–water partition coefficient (Wildman–Crippen LogP) is 7.29. The summed E-state index contributed by atoms with van der Waals surface area (Å²) in [5.74, 6) is 1.23. The van der Waals surface area contributed by atoms with Crippen LogP contribution in [0.25, 0.3) is 17.4 Å². The van der Waals surface area contributed by atoms with Gasteiger partial charge in [-0.05, 0) is 78.7 Å². The smallest absolute Gasteiger partial charge is 0.250 e. The second-order valence-corrected chi connectivity index (χ2v) is 8.29. The van der Waals surface area contributed by atoms with Gasteiger partial charge in [0.25, 0.3) is 0 Å². The number of halogens is 2. The van der Waals surface area contributed by atoms with E-state index in [4.69, 9.17) is 39.8 Å². The van der Waals surface area contributed by atoms with Crippen LogP contribution in [0.5, 0.6) is 0 Å². The molecular weight excluding hydrogens is 451 g/mol. The van der Waals surface area contributed by atoms with Gasteiger partial charge in [-0.25, -0.2) is 0 Å². The van der Waals surface area contributed by atoms with Gasteiger partial charge in [0.15, 0.2) is 5.11 Å². The third kappa shape index (κ3) is 6.44. The summed E-state index contributed by atoms with van der Waals surface area (Å²) in [7, 11) is 0. The molecular formula is C24H22Cl2N2O2S. The molecule has 0 spiro atoms. The lowest BCUT2D eigenvalue weighted by atomic mass is 9.99. The van der Waals surface area contributed by atoms with Gasteiger partial charge < -0.3 is 9.73 Å². The van der Waals surface area contributed by atoms with Gasteiger partial charge in [0.1, 0.15) is 11.5 Å². The van der Waals surface area contributed by atoms with Crippen LogP contribution in [0.15, 0.2) is 65.1 Å². The van der Waals surface area contributed by atoms with Crippen molar-refractivity contribution in [1.29, 1.82) is 0 Å². The Balaban J connectivity index is 1.55. The molecule has 0 bridgehead atoms. The normalized spacial score (nSPS) is 12.0. The van der Waals surface area contributed by atoms with Gasteiger partial charge in [0, 0.05) is 22.3 Å². The summed E-state index contributed by atoms with van der Waals surface area (Å²) in [5, 5.41) is 6.89. The Kier molecular flexibility index (Phi) is 7.91. The van der Waals surface area contributed by atoms with E-state index in [0.29, 0.717) is 27.5 Å². The molecule has 0 aliphatic heterocycles. The highest BCUT2D eigenvalue weighted by atomic mass is 35.5. The number of carbonyl (C=O) groups excluding carboxylic acids is 1. The number of hydrogen-bond acceptors (Lipinski definition) is 3. The molecule has 3 rings (SSSR count). The maximum Gasteiger partial charge on any atom is 0.250 e. The Morgan fingerprint density at radius 1 is 1.13 bits per heavy atom. The Morgan fingerprint density at radius 3 is 2.55 bits per heavy atom. The van der Waals surface area contributed by atoms with Gasteiger partial charge in [-0.2, -0.15) is 0 Å². The van der Waals surface area contributed by atoms with Gasteiger partial charge in [-0.3, -0.25) is 10.1 Å². The number of carbonyl (C=O) groups is 1. The van der Waals surface area contributed by atoms with E-state index in [1.165, 1.54) is 11.6 Å². The molecule has 1 atom stereocenters. The lowest BCUT2D eigenvalue weighted by Gasteiger charge is -2.11. The maximum atomic E-state index is 12.2. The van der Waals surface area contributed by atoms with Crippen molar-refractivity contribution < 1.29 is 9.21 Å². The molecule has 3 aromatic rings.